The van der Waals surface area contributed by atoms with E-state index in [4.69, 9.17) is 4.74 Å². The second-order valence-electron chi connectivity index (χ2n) is 6.87. The molecule has 0 spiro atoms. The molecule has 2 rings (SSSR count). The Bertz CT molecular complexity index is 622. The minimum atomic E-state index is -4.18. The number of hydrogen-bond donors (Lipinski definition) is 2. The molecule has 1 fully saturated rings. The lowest BCUT2D eigenvalue weighted by Crippen LogP contribution is -2.40. The fourth-order valence-electron chi connectivity index (χ4n) is 3.42. The van der Waals surface area contributed by atoms with E-state index in [1.54, 1.807) is 7.11 Å². The first-order valence-corrected chi connectivity index (χ1v) is 9.90. The topological polar surface area (TPSA) is 48.9 Å². The first kappa shape index (κ1) is 25.8. The van der Waals surface area contributed by atoms with Gasteiger partial charge in [-0.1, -0.05) is 24.6 Å². The first-order chi connectivity index (χ1) is 13.4. The Hall–Kier alpha value is -1.23. The second-order valence-corrected chi connectivity index (χ2v) is 6.87. The summed E-state index contributed by atoms with van der Waals surface area (Å²) in [5, 5.41) is 5.81. The number of nitrogens with zero attached hydrogens (tertiary/aromatic N) is 2. The lowest BCUT2D eigenvalue weighted by atomic mass is 10.0. The van der Waals surface area contributed by atoms with Gasteiger partial charge in [-0.2, -0.15) is 13.2 Å². The average molecular weight is 528 g/mol. The van der Waals surface area contributed by atoms with Crippen molar-refractivity contribution in [3.8, 4) is 5.75 Å². The molecule has 9 heteroatoms. The van der Waals surface area contributed by atoms with Gasteiger partial charge in [0.25, 0.3) is 0 Å². The number of benzene rings is 1. The van der Waals surface area contributed by atoms with Gasteiger partial charge >= 0.3 is 6.18 Å². The summed E-state index contributed by atoms with van der Waals surface area (Å²) in [6.07, 6.45) is -1.57. The second kappa shape index (κ2) is 13.1. The van der Waals surface area contributed by atoms with Crippen LogP contribution < -0.4 is 15.4 Å². The number of nitrogens with one attached hydrogen (secondary N) is 2. The average Bonchev–Trinajstić information content (AvgIpc) is 2.68. The number of halogens is 4. The van der Waals surface area contributed by atoms with E-state index in [1.165, 1.54) is 6.42 Å². The standard InChI is InChI=1S/C20H31F3N4O.HI/c1-3-24-19(25-12-11-20(21,22)23)26-15-17(27-13-7-4-8-14-27)16-9-5-6-10-18(16)28-2;/h5-6,9-10,17H,3-4,7-8,11-15H2,1-2H3,(H2,24,25,26);1H. The molecule has 1 saturated heterocycles. The number of guanidine groups is 1. The molecule has 0 amide bonds. The summed E-state index contributed by atoms with van der Waals surface area (Å²) in [6.45, 7) is 4.69. The van der Waals surface area contributed by atoms with Crippen molar-refractivity contribution in [2.75, 3.05) is 39.8 Å². The molecule has 2 N–H and O–H groups in total. The highest BCUT2D eigenvalue weighted by Gasteiger charge is 2.27. The molecule has 166 valence electrons. The number of methoxy groups -OCH3 is 1. The molecular formula is C20H32F3IN4O. The maximum absolute atomic E-state index is 12.4. The van der Waals surface area contributed by atoms with Crippen molar-refractivity contribution in [3.05, 3.63) is 29.8 Å². The fourth-order valence-corrected chi connectivity index (χ4v) is 3.42. The molecular weight excluding hydrogens is 496 g/mol. The van der Waals surface area contributed by atoms with Gasteiger partial charge in [-0.25, -0.2) is 0 Å². The summed E-state index contributed by atoms with van der Waals surface area (Å²) in [7, 11) is 1.65. The molecule has 1 aromatic carbocycles. The minimum absolute atomic E-state index is 0. The molecule has 1 heterocycles. The summed E-state index contributed by atoms with van der Waals surface area (Å²) >= 11 is 0. The van der Waals surface area contributed by atoms with E-state index in [1.807, 2.05) is 31.2 Å². The Morgan fingerprint density at radius 3 is 2.48 bits per heavy atom. The number of alkyl halides is 3. The van der Waals surface area contributed by atoms with Crippen molar-refractivity contribution in [2.45, 2.75) is 44.8 Å². The van der Waals surface area contributed by atoms with Gasteiger partial charge < -0.3 is 15.4 Å². The van der Waals surface area contributed by atoms with E-state index in [2.05, 4.69) is 20.5 Å². The molecule has 0 aliphatic carbocycles. The maximum atomic E-state index is 12.4. The fraction of sp³-hybridized carbons (Fsp3) is 0.650. The van der Waals surface area contributed by atoms with Gasteiger partial charge in [0.2, 0.25) is 0 Å². The number of para-hydroxylation sites is 1. The zero-order chi connectivity index (χ0) is 20.4. The van der Waals surface area contributed by atoms with Gasteiger partial charge in [-0.05, 0) is 38.9 Å². The number of likely N-dealkylation sites (tertiary alicyclic amines) is 1. The van der Waals surface area contributed by atoms with Crippen molar-refractivity contribution in [3.63, 3.8) is 0 Å². The lowest BCUT2D eigenvalue weighted by molar-refractivity contribution is -0.132. The Morgan fingerprint density at radius 2 is 1.86 bits per heavy atom. The van der Waals surface area contributed by atoms with Crippen LogP contribution in [-0.4, -0.2) is 56.9 Å². The number of aliphatic imine (C=N–C) groups is 1. The van der Waals surface area contributed by atoms with Crippen molar-refractivity contribution >= 4 is 29.9 Å². The van der Waals surface area contributed by atoms with Crippen LogP contribution in [0.25, 0.3) is 0 Å². The van der Waals surface area contributed by atoms with Crippen LogP contribution in [0.5, 0.6) is 5.75 Å². The van der Waals surface area contributed by atoms with Crippen LogP contribution >= 0.6 is 24.0 Å². The quantitative estimate of drug-likeness (QED) is 0.300. The highest BCUT2D eigenvalue weighted by molar-refractivity contribution is 14.0. The van der Waals surface area contributed by atoms with Gasteiger partial charge in [0.15, 0.2) is 5.96 Å². The SMILES string of the molecule is CCNC(=NCC(c1ccccc1OC)N1CCCCC1)NCCC(F)(F)F.I. The third-order valence-electron chi connectivity index (χ3n) is 4.80. The maximum Gasteiger partial charge on any atom is 0.390 e. The monoisotopic (exact) mass is 528 g/mol. The molecule has 1 unspecified atom stereocenters. The molecule has 0 saturated carbocycles. The number of piperidine rings is 1. The van der Waals surface area contributed by atoms with Crippen molar-refractivity contribution < 1.29 is 17.9 Å². The zero-order valence-electron chi connectivity index (χ0n) is 17.1. The van der Waals surface area contributed by atoms with Gasteiger partial charge in [0.1, 0.15) is 5.75 Å². The van der Waals surface area contributed by atoms with Gasteiger partial charge in [-0.15, -0.1) is 24.0 Å². The molecule has 0 bridgehead atoms. The lowest BCUT2D eigenvalue weighted by Gasteiger charge is -2.34. The van der Waals surface area contributed by atoms with E-state index in [-0.39, 0.29) is 36.6 Å². The van der Waals surface area contributed by atoms with E-state index < -0.39 is 12.6 Å². The van der Waals surface area contributed by atoms with Gasteiger partial charge in [-0.3, -0.25) is 9.89 Å². The van der Waals surface area contributed by atoms with Crippen LogP contribution in [0, 0.1) is 0 Å². The summed E-state index contributed by atoms with van der Waals surface area (Å²) in [4.78, 5) is 6.98. The highest BCUT2D eigenvalue weighted by atomic mass is 127. The van der Waals surface area contributed by atoms with Gasteiger partial charge in [0.05, 0.1) is 26.1 Å². The summed E-state index contributed by atoms with van der Waals surface area (Å²) in [5.74, 6) is 1.21. The van der Waals surface area contributed by atoms with Crippen LogP contribution in [-0.2, 0) is 0 Å². The van der Waals surface area contributed by atoms with Crippen LogP contribution in [0.1, 0.15) is 44.2 Å². The zero-order valence-corrected chi connectivity index (χ0v) is 19.4. The largest absolute Gasteiger partial charge is 0.496 e. The molecule has 5 nitrogen and oxygen atoms in total. The predicted molar refractivity (Wildman–Crippen MR) is 121 cm³/mol. The molecule has 1 aromatic rings. The Labute approximate surface area is 188 Å². The van der Waals surface area contributed by atoms with Crippen molar-refractivity contribution in [1.29, 1.82) is 0 Å². The third kappa shape index (κ3) is 8.98. The highest BCUT2D eigenvalue weighted by Crippen LogP contribution is 2.31. The molecule has 29 heavy (non-hydrogen) atoms. The van der Waals surface area contributed by atoms with Crippen LogP contribution in [0.2, 0.25) is 0 Å². The Balaban J connectivity index is 0.00000420. The van der Waals surface area contributed by atoms with E-state index >= 15 is 0 Å². The predicted octanol–water partition coefficient (Wildman–Crippen LogP) is 4.35. The molecule has 0 radical (unpaired) electrons. The van der Waals surface area contributed by atoms with Crippen LogP contribution in [0.4, 0.5) is 13.2 Å². The number of hydrogen-bond acceptors (Lipinski definition) is 3. The Kier molecular flexibility index (Phi) is 11.7. The number of rotatable bonds is 8. The summed E-state index contributed by atoms with van der Waals surface area (Å²) in [6, 6.07) is 7.90. The Morgan fingerprint density at radius 1 is 1.17 bits per heavy atom. The summed E-state index contributed by atoms with van der Waals surface area (Å²) in [5.41, 5.74) is 1.06. The van der Waals surface area contributed by atoms with Crippen LogP contribution in [0.15, 0.2) is 29.3 Å². The van der Waals surface area contributed by atoms with Crippen molar-refractivity contribution in [2.24, 2.45) is 4.99 Å². The minimum Gasteiger partial charge on any atom is -0.496 e. The molecule has 1 atom stereocenters. The van der Waals surface area contributed by atoms with Gasteiger partial charge in [0, 0.05) is 18.7 Å². The molecule has 0 aromatic heterocycles. The van der Waals surface area contributed by atoms with E-state index in [9.17, 15) is 13.2 Å². The third-order valence-corrected chi connectivity index (χ3v) is 4.80. The van der Waals surface area contributed by atoms with Crippen LogP contribution in [0.3, 0.4) is 0 Å². The first-order valence-electron chi connectivity index (χ1n) is 9.90. The number of ether oxygens (including phenoxy) is 1. The summed E-state index contributed by atoms with van der Waals surface area (Å²) < 4.78 is 42.8. The van der Waals surface area contributed by atoms with Crippen molar-refractivity contribution in [1.82, 2.24) is 15.5 Å². The molecule has 1 aliphatic rings. The van der Waals surface area contributed by atoms with E-state index in [0.29, 0.717) is 19.0 Å². The van der Waals surface area contributed by atoms with E-state index in [0.717, 1.165) is 37.2 Å². The molecule has 1 aliphatic heterocycles. The normalized spacial score (nSPS) is 16.7. The smallest absolute Gasteiger partial charge is 0.390 e.